The highest BCUT2D eigenvalue weighted by Crippen LogP contribution is 2.18. The molecule has 0 bridgehead atoms. The summed E-state index contributed by atoms with van der Waals surface area (Å²) in [6.45, 7) is 14.1. The van der Waals surface area contributed by atoms with Crippen molar-refractivity contribution in [1.82, 2.24) is 4.90 Å². The zero-order valence-electron chi connectivity index (χ0n) is 15.0. The normalized spacial score (nSPS) is 16.5. The molecule has 1 heterocycles. The second-order valence-corrected chi connectivity index (χ2v) is 14.1. The van der Waals surface area contributed by atoms with Gasteiger partial charge in [-0.15, -0.1) is 0 Å². The molecule has 1 amide bonds. The minimum absolute atomic E-state index is 0.291. The number of amides is 1. The van der Waals surface area contributed by atoms with Crippen LogP contribution in [-0.4, -0.2) is 53.8 Å². The standard InChI is InChI=1S/C16H31NO4Si2/c1-14(2)16(19)20-11-7-12-22(3)21-23(4,5)13-10-17-9-6-8-15(17)18/h22H,1,6-13H2,2-5H3. The first-order chi connectivity index (χ1) is 10.7. The maximum Gasteiger partial charge on any atom is 0.333 e. The van der Waals surface area contributed by atoms with Gasteiger partial charge in [-0.05, 0) is 51.5 Å². The molecule has 0 N–H and O–H groups in total. The fraction of sp³-hybridized carbons (Fsp3) is 0.750. The molecule has 1 fully saturated rings. The van der Waals surface area contributed by atoms with Gasteiger partial charge in [0.05, 0.1) is 6.61 Å². The predicted molar refractivity (Wildman–Crippen MR) is 97.4 cm³/mol. The summed E-state index contributed by atoms with van der Waals surface area (Å²) in [5, 5.41) is 0. The van der Waals surface area contributed by atoms with Crippen LogP contribution in [0.3, 0.4) is 0 Å². The summed E-state index contributed by atoms with van der Waals surface area (Å²) < 4.78 is 11.5. The molecule has 23 heavy (non-hydrogen) atoms. The van der Waals surface area contributed by atoms with Gasteiger partial charge in [-0.25, -0.2) is 4.79 Å². The van der Waals surface area contributed by atoms with Crippen LogP contribution in [0, 0.1) is 0 Å². The van der Waals surface area contributed by atoms with Crippen LogP contribution < -0.4 is 0 Å². The molecule has 0 spiro atoms. The lowest BCUT2D eigenvalue weighted by Crippen LogP contribution is -2.40. The van der Waals surface area contributed by atoms with Crippen molar-refractivity contribution < 1.29 is 18.4 Å². The van der Waals surface area contributed by atoms with Gasteiger partial charge in [0.1, 0.15) is 0 Å². The van der Waals surface area contributed by atoms with E-state index in [1.807, 2.05) is 4.90 Å². The highest BCUT2D eigenvalue weighted by atomic mass is 28.4. The van der Waals surface area contributed by atoms with Crippen molar-refractivity contribution in [2.24, 2.45) is 0 Å². The minimum atomic E-state index is -1.72. The summed E-state index contributed by atoms with van der Waals surface area (Å²) in [6, 6.07) is 2.00. The zero-order chi connectivity index (χ0) is 17.5. The molecule has 0 saturated carbocycles. The van der Waals surface area contributed by atoms with E-state index in [1.165, 1.54) is 0 Å². The Bertz CT molecular complexity index is 440. The molecule has 1 aliphatic heterocycles. The van der Waals surface area contributed by atoms with Crippen molar-refractivity contribution >= 4 is 29.2 Å². The molecule has 1 rings (SSSR count). The second-order valence-electron chi connectivity index (χ2n) is 6.98. The summed E-state index contributed by atoms with van der Waals surface area (Å²) >= 11 is 0. The number of hydrogen-bond donors (Lipinski definition) is 0. The lowest BCUT2D eigenvalue weighted by molar-refractivity contribution is -0.139. The molecule has 0 radical (unpaired) electrons. The molecule has 0 aromatic carbocycles. The summed E-state index contributed by atoms with van der Waals surface area (Å²) in [4.78, 5) is 24.9. The number of rotatable bonds is 10. The third-order valence-corrected chi connectivity index (χ3v) is 10.8. The van der Waals surface area contributed by atoms with Gasteiger partial charge in [-0.3, -0.25) is 4.79 Å². The Labute approximate surface area is 142 Å². The average Bonchev–Trinajstić information content (AvgIpc) is 2.86. The number of carbonyl (C=O) groups excluding carboxylic acids is 2. The third-order valence-electron chi connectivity index (χ3n) is 4.01. The summed E-state index contributed by atoms with van der Waals surface area (Å²) in [5.74, 6) is -0.0235. The first kappa shape index (κ1) is 20.1. The van der Waals surface area contributed by atoms with Crippen molar-refractivity contribution in [2.75, 3.05) is 19.7 Å². The fourth-order valence-corrected chi connectivity index (χ4v) is 9.52. The first-order valence-electron chi connectivity index (χ1n) is 8.49. The molecular formula is C16H31NO4Si2. The van der Waals surface area contributed by atoms with Crippen LogP contribution in [0.5, 0.6) is 0 Å². The number of carbonyl (C=O) groups is 2. The van der Waals surface area contributed by atoms with E-state index >= 15 is 0 Å². The Balaban J connectivity index is 2.20. The molecule has 132 valence electrons. The van der Waals surface area contributed by atoms with Crippen LogP contribution in [0.4, 0.5) is 0 Å². The van der Waals surface area contributed by atoms with Crippen LogP contribution in [0.15, 0.2) is 12.2 Å². The topological polar surface area (TPSA) is 55.8 Å². The molecule has 1 aliphatic rings. The molecule has 0 aromatic heterocycles. The van der Waals surface area contributed by atoms with Crippen molar-refractivity contribution in [2.45, 2.75) is 57.9 Å². The van der Waals surface area contributed by atoms with Crippen LogP contribution in [0.1, 0.15) is 26.2 Å². The lowest BCUT2D eigenvalue weighted by atomic mass is 10.4. The van der Waals surface area contributed by atoms with Crippen LogP contribution in [0.25, 0.3) is 0 Å². The van der Waals surface area contributed by atoms with Gasteiger partial charge < -0.3 is 13.8 Å². The molecular weight excluding hydrogens is 326 g/mol. The lowest BCUT2D eigenvalue weighted by Gasteiger charge is -2.29. The van der Waals surface area contributed by atoms with Gasteiger partial charge >= 0.3 is 5.97 Å². The number of esters is 1. The van der Waals surface area contributed by atoms with Gasteiger partial charge in [0, 0.05) is 25.1 Å². The maximum absolute atomic E-state index is 11.7. The van der Waals surface area contributed by atoms with E-state index in [0.717, 1.165) is 38.0 Å². The molecule has 7 heteroatoms. The Morgan fingerprint density at radius 3 is 2.70 bits per heavy atom. The Morgan fingerprint density at radius 2 is 2.13 bits per heavy atom. The highest BCUT2D eigenvalue weighted by Gasteiger charge is 2.28. The largest absolute Gasteiger partial charge is 0.462 e. The van der Waals surface area contributed by atoms with Crippen molar-refractivity contribution in [3.63, 3.8) is 0 Å². The number of ether oxygens (including phenoxy) is 1. The van der Waals surface area contributed by atoms with Crippen LogP contribution >= 0.6 is 0 Å². The molecule has 1 saturated heterocycles. The number of nitrogens with zero attached hydrogens (tertiary/aromatic N) is 1. The monoisotopic (exact) mass is 357 g/mol. The fourth-order valence-electron chi connectivity index (χ4n) is 2.67. The Morgan fingerprint density at radius 1 is 1.43 bits per heavy atom. The van der Waals surface area contributed by atoms with Crippen molar-refractivity contribution in [1.29, 1.82) is 0 Å². The van der Waals surface area contributed by atoms with E-state index in [2.05, 4.69) is 26.2 Å². The molecule has 5 nitrogen and oxygen atoms in total. The van der Waals surface area contributed by atoms with Gasteiger partial charge in [0.2, 0.25) is 5.91 Å². The maximum atomic E-state index is 11.7. The minimum Gasteiger partial charge on any atom is -0.462 e. The zero-order valence-corrected chi connectivity index (χ0v) is 17.2. The van der Waals surface area contributed by atoms with Crippen LogP contribution in [0.2, 0.25) is 31.7 Å². The van der Waals surface area contributed by atoms with Crippen LogP contribution in [-0.2, 0) is 18.4 Å². The Hall–Kier alpha value is -0.926. The molecule has 1 atom stereocenters. The third kappa shape index (κ3) is 7.94. The Kier molecular flexibility index (Phi) is 8.21. The van der Waals surface area contributed by atoms with E-state index in [-0.39, 0.29) is 5.97 Å². The quantitative estimate of drug-likeness (QED) is 0.261. The SMILES string of the molecule is C=C(C)C(=O)OCCC[SiH](C)O[Si](C)(C)CCN1CCCC1=O. The van der Waals surface area contributed by atoms with E-state index < -0.39 is 17.4 Å². The number of likely N-dealkylation sites (tertiary alicyclic amines) is 1. The first-order valence-corrected chi connectivity index (χ1v) is 14.1. The summed E-state index contributed by atoms with van der Waals surface area (Å²) in [6.07, 6.45) is 2.55. The summed E-state index contributed by atoms with van der Waals surface area (Å²) in [7, 11) is -2.97. The van der Waals surface area contributed by atoms with E-state index in [1.54, 1.807) is 6.92 Å². The average molecular weight is 358 g/mol. The number of hydrogen-bond acceptors (Lipinski definition) is 4. The van der Waals surface area contributed by atoms with E-state index in [9.17, 15) is 9.59 Å². The molecule has 0 aliphatic carbocycles. The molecule has 0 aromatic rings. The smallest absolute Gasteiger partial charge is 0.333 e. The summed E-state index contributed by atoms with van der Waals surface area (Å²) in [5.41, 5.74) is 0.441. The van der Waals surface area contributed by atoms with E-state index in [0.29, 0.717) is 24.5 Å². The predicted octanol–water partition coefficient (Wildman–Crippen LogP) is 2.69. The van der Waals surface area contributed by atoms with Crippen molar-refractivity contribution in [3.05, 3.63) is 12.2 Å². The molecule has 1 unspecified atom stereocenters. The van der Waals surface area contributed by atoms with Gasteiger partial charge in [-0.2, -0.15) is 0 Å². The van der Waals surface area contributed by atoms with Crippen molar-refractivity contribution in [3.8, 4) is 0 Å². The highest BCUT2D eigenvalue weighted by molar-refractivity contribution is 6.78. The van der Waals surface area contributed by atoms with Gasteiger partial charge in [0.15, 0.2) is 17.4 Å². The van der Waals surface area contributed by atoms with Gasteiger partial charge in [-0.1, -0.05) is 6.58 Å². The van der Waals surface area contributed by atoms with E-state index in [4.69, 9.17) is 8.85 Å². The van der Waals surface area contributed by atoms with Gasteiger partial charge in [0.25, 0.3) is 0 Å². The second kappa shape index (κ2) is 9.39.